The van der Waals surface area contributed by atoms with Gasteiger partial charge >= 0.3 is 6.11 Å². The molecule has 0 spiro atoms. The summed E-state index contributed by atoms with van der Waals surface area (Å²) in [5.74, 6) is -10.1. The van der Waals surface area contributed by atoms with Gasteiger partial charge in [0.05, 0.1) is 0 Å². The number of hydrogen-bond acceptors (Lipinski definition) is 1. The molecule has 9 heteroatoms. The van der Waals surface area contributed by atoms with Crippen LogP contribution in [-0.4, -0.2) is 0 Å². The van der Waals surface area contributed by atoms with E-state index in [1.54, 1.807) is 6.07 Å². The lowest BCUT2D eigenvalue weighted by Crippen LogP contribution is -2.25. The number of halogens is 8. The van der Waals surface area contributed by atoms with Crippen molar-refractivity contribution in [1.29, 1.82) is 0 Å². The molecule has 1 nitrogen and oxygen atoms in total. The quantitative estimate of drug-likeness (QED) is 0.109. The molecular weight excluding hydrogens is 588 g/mol. The molecule has 0 atom stereocenters. The minimum absolute atomic E-state index is 0.109. The second-order valence-electron chi connectivity index (χ2n) is 10.9. The van der Waals surface area contributed by atoms with Crippen molar-refractivity contribution >= 4 is 0 Å². The molecule has 230 valence electrons. The summed E-state index contributed by atoms with van der Waals surface area (Å²) in [6.07, 6.45) is 5.26. The highest BCUT2D eigenvalue weighted by molar-refractivity contribution is 5.71. The van der Waals surface area contributed by atoms with Crippen molar-refractivity contribution in [3.05, 3.63) is 125 Å². The van der Waals surface area contributed by atoms with Gasteiger partial charge in [0, 0.05) is 17.7 Å². The van der Waals surface area contributed by atoms with Crippen molar-refractivity contribution in [1.82, 2.24) is 0 Å². The summed E-state index contributed by atoms with van der Waals surface area (Å²) in [7, 11) is 0. The normalized spacial score (nSPS) is 17.3. The van der Waals surface area contributed by atoms with Crippen molar-refractivity contribution in [3.8, 4) is 28.0 Å². The summed E-state index contributed by atoms with van der Waals surface area (Å²) >= 11 is 0. The van der Waals surface area contributed by atoms with Crippen molar-refractivity contribution in [2.45, 2.75) is 51.1 Å². The van der Waals surface area contributed by atoms with Crippen LogP contribution in [0.15, 0.2) is 78.9 Å². The molecule has 0 N–H and O–H groups in total. The molecule has 1 aliphatic rings. The van der Waals surface area contributed by atoms with Gasteiger partial charge in [-0.15, -0.1) is 0 Å². The van der Waals surface area contributed by atoms with Gasteiger partial charge in [0.25, 0.3) is 0 Å². The maximum absolute atomic E-state index is 15.2. The molecule has 1 saturated carbocycles. The molecule has 0 amide bonds. The van der Waals surface area contributed by atoms with Gasteiger partial charge in [-0.3, -0.25) is 0 Å². The van der Waals surface area contributed by atoms with Crippen molar-refractivity contribution in [3.63, 3.8) is 0 Å². The third-order valence-corrected chi connectivity index (χ3v) is 7.95. The lowest BCUT2D eigenvalue weighted by Gasteiger charge is -2.27. The van der Waals surface area contributed by atoms with Crippen LogP contribution in [0.2, 0.25) is 0 Å². The van der Waals surface area contributed by atoms with E-state index in [0.717, 1.165) is 37.7 Å². The van der Waals surface area contributed by atoms with E-state index >= 15 is 4.39 Å². The summed E-state index contributed by atoms with van der Waals surface area (Å²) in [5.41, 5.74) is -0.00294. The smallest absolute Gasteiger partial charge is 0.429 e. The summed E-state index contributed by atoms with van der Waals surface area (Å²) in [6, 6.07) is 13.1. The fourth-order valence-electron chi connectivity index (χ4n) is 5.65. The molecule has 0 bridgehead atoms. The van der Waals surface area contributed by atoms with Crippen LogP contribution in [0.3, 0.4) is 0 Å². The van der Waals surface area contributed by atoms with E-state index in [0.29, 0.717) is 29.5 Å². The molecule has 0 heterocycles. The fraction of sp³-hybridized carbons (Fsp3) is 0.257. The standard InChI is InChI=1S/C35H28F8O/c1-2-3-4-20-5-7-21(8-6-20)22-9-11-23(12-10-22)24-13-14-27(28(36)15-24)25-16-29(37)33(30(38)17-25)35(42,43)44-26-18-31(39)34(41)32(40)19-26/h3-4,9-21H,2,5-8H2,1H3/b4-3+. The van der Waals surface area contributed by atoms with Gasteiger partial charge in [0.2, 0.25) is 0 Å². The maximum Gasteiger partial charge on any atom is 0.432 e. The van der Waals surface area contributed by atoms with Gasteiger partial charge in [0.1, 0.15) is 28.8 Å². The molecule has 0 aromatic heterocycles. The summed E-state index contributed by atoms with van der Waals surface area (Å²) in [4.78, 5) is 0. The molecule has 0 radical (unpaired) electrons. The minimum Gasteiger partial charge on any atom is -0.429 e. The first-order valence-electron chi connectivity index (χ1n) is 14.2. The van der Waals surface area contributed by atoms with E-state index in [2.05, 4.69) is 23.8 Å². The van der Waals surface area contributed by atoms with Crippen molar-refractivity contribution in [2.75, 3.05) is 0 Å². The van der Waals surface area contributed by atoms with E-state index in [4.69, 9.17) is 0 Å². The lowest BCUT2D eigenvalue weighted by atomic mass is 9.78. The number of allylic oxidation sites excluding steroid dienone is 2. The number of alkyl halides is 2. The molecule has 1 aliphatic carbocycles. The van der Waals surface area contributed by atoms with Gasteiger partial charge in [-0.1, -0.05) is 55.5 Å². The average molecular weight is 617 g/mol. The molecule has 4 aromatic rings. The van der Waals surface area contributed by atoms with Crippen LogP contribution in [0.4, 0.5) is 35.1 Å². The average Bonchev–Trinajstić information content (AvgIpc) is 2.98. The van der Waals surface area contributed by atoms with Gasteiger partial charge in [-0.05, 0) is 84.4 Å². The van der Waals surface area contributed by atoms with E-state index in [-0.39, 0.29) is 23.3 Å². The van der Waals surface area contributed by atoms with Crippen LogP contribution < -0.4 is 4.74 Å². The Kier molecular flexibility index (Phi) is 9.13. The predicted octanol–water partition coefficient (Wildman–Crippen LogP) is 11.2. The largest absolute Gasteiger partial charge is 0.432 e. The van der Waals surface area contributed by atoms with E-state index in [1.165, 1.54) is 17.7 Å². The summed E-state index contributed by atoms with van der Waals surface area (Å²) in [6.45, 7) is 2.12. The Balaban J connectivity index is 1.33. The van der Waals surface area contributed by atoms with Crippen LogP contribution >= 0.6 is 0 Å². The molecule has 5 rings (SSSR count). The third kappa shape index (κ3) is 6.66. The van der Waals surface area contributed by atoms with Crippen LogP contribution in [0.5, 0.6) is 5.75 Å². The number of ether oxygens (including phenoxy) is 1. The zero-order valence-corrected chi connectivity index (χ0v) is 23.6. The molecule has 1 fully saturated rings. The molecule has 4 aromatic carbocycles. The van der Waals surface area contributed by atoms with Gasteiger partial charge in [-0.2, -0.15) is 8.78 Å². The first-order chi connectivity index (χ1) is 21.0. The summed E-state index contributed by atoms with van der Waals surface area (Å²) in [5, 5.41) is 0. The molecule has 0 saturated heterocycles. The van der Waals surface area contributed by atoms with Crippen molar-refractivity contribution < 1.29 is 39.9 Å². The predicted molar refractivity (Wildman–Crippen MR) is 152 cm³/mol. The van der Waals surface area contributed by atoms with Crippen LogP contribution in [0, 0.1) is 40.8 Å². The topological polar surface area (TPSA) is 9.23 Å². The molecule has 44 heavy (non-hydrogen) atoms. The highest BCUT2D eigenvalue weighted by Gasteiger charge is 2.41. The Morgan fingerprint density at radius 3 is 1.82 bits per heavy atom. The second kappa shape index (κ2) is 12.8. The van der Waals surface area contributed by atoms with E-state index in [1.807, 2.05) is 24.3 Å². The van der Waals surface area contributed by atoms with Gasteiger partial charge in [-0.25, -0.2) is 26.3 Å². The van der Waals surface area contributed by atoms with Gasteiger partial charge < -0.3 is 4.74 Å². The first kappa shape index (κ1) is 31.3. The highest BCUT2D eigenvalue weighted by atomic mass is 19.3. The minimum atomic E-state index is -4.75. The zero-order valence-electron chi connectivity index (χ0n) is 23.6. The van der Waals surface area contributed by atoms with Crippen LogP contribution in [0.25, 0.3) is 22.3 Å². The highest BCUT2D eigenvalue weighted by Crippen LogP contribution is 2.40. The summed E-state index contributed by atoms with van der Waals surface area (Å²) < 4.78 is 118. The second-order valence-corrected chi connectivity index (χ2v) is 10.9. The lowest BCUT2D eigenvalue weighted by molar-refractivity contribution is -0.189. The van der Waals surface area contributed by atoms with Gasteiger partial charge in [0.15, 0.2) is 17.5 Å². The Bertz CT molecular complexity index is 1630. The third-order valence-electron chi connectivity index (χ3n) is 7.95. The zero-order chi connectivity index (χ0) is 31.6. The molecular formula is C35H28F8O. The Morgan fingerprint density at radius 2 is 1.25 bits per heavy atom. The molecule has 0 unspecified atom stereocenters. The Hall–Kier alpha value is -4.14. The van der Waals surface area contributed by atoms with E-state index < -0.39 is 52.3 Å². The van der Waals surface area contributed by atoms with Crippen LogP contribution in [-0.2, 0) is 6.11 Å². The fourth-order valence-corrected chi connectivity index (χ4v) is 5.65. The molecule has 0 aliphatic heterocycles. The Morgan fingerprint density at radius 1 is 0.682 bits per heavy atom. The Labute approximate surface area is 249 Å². The van der Waals surface area contributed by atoms with Crippen molar-refractivity contribution in [2.24, 2.45) is 5.92 Å². The maximum atomic E-state index is 15.2. The number of hydrogen-bond donors (Lipinski definition) is 0. The first-order valence-corrected chi connectivity index (χ1v) is 14.2. The monoisotopic (exact) mass is 616 g/mol. The van der Waals surface area contributed by atoms with Crippen LogP contribution in [0.1, 0.15) is 56.1 Å². The number of rotatable bonds is 8. The SMILES string of the molecule is CC/C=C/C1CCC(c2ccc(-c3ccc(-c4cc(F)c(C(F)(F)Oc5cc(F)c(F)c(F)c5)c(F)c4)c(F)c3)cc2)CC1. The number of benzene rings is 4. The van der Waals surface area contributed by atoms with E-state index in [9.17, 15) is 30.7 Å².